The van der Waals surface area contributed by atoms with Gasteiger partial charge in [0.2, 0.25) is 0 Å². The maximum atomic E-state index is 6.74. The van der Waals surface area contributed by atoms with Crippen LogP contribution in [0.4, 0.5) is 11.4 Å². The number of anilines is 2. The van der Waals surface area contributed by atoms with Gasteiger partial charge >= 0.3 is 0 Å². The van der Waals surface area contributed by atoms with Crippen molar-refractivity contribution >= 4 is 33.2 Å². The molecular weight excluding hydrogens is 964 g/mol. The van der Waals surface area contributed by atoms with Gasteiger partial charge < -0.3 is 19.1 Å². The molecule has 0 N–H and O–H groups in total. The van der Waals surface area contributed by atoms with E-state index in [0.29, 0.717) is 11.5 Å². The number of aromatic nitrogens is 2. The maximum Gasteiger partial charge on any atom is 0.135 e. The fourth-order valence-electron chi connectivity index (χ4n) is 8.74. The zero-order valence-electron chi connectivity index (χ0n) is 38.6. The van der Waals surface area contributed by atoms with E-state index < -0.39 is 0 Å². The number of hydrogen-bond acceptors (Lipinski definition) is 4. The SMILES string of the molecule is CC(C)(C)c1cccc(N2C=C(C(C)(C)c3ccccc3)N(c3[c-]c(Oc4[c-]c5c(cc4)c4cc(C(C)(C)C)ccc4n5-c4cc(C(C)(C)c5ccccc5)ccn4)ccc3)[CH-]2)c1.[Pt]. The largest absolute Gasteiger partial charge is 0.509 e. The molecule has 328 valence electrons. The Morgan fingerprint density at radius 1 is 0.531 bits per heavy atom. The molecule has 0 bridgehead atoms. The van der Waals surface area contributed by atoms with Crippen molar-refractivity contribution in [2.24, 2.45) is 0 Å². The zero-order chi connectivity index (χ0) is 44.3. The Balaban J connectivity index is 0.00000560. The summed E-state index contributed by atoms with van der Waals surface area (Å²) in [5.41, 5.74) is 10.7. The van der Waals surface area contributed by atoms with Crippen LogP contribution in [0.3, 0.4) is 0 Å². The van der Waals surface area contributed by atoms with E-state index in [0.717, 1.165) is 44.7 Å². The number of benzene rings is 6. The summed E-state index contributed by atoms with van der Waals surface area (Å²) in [4.78, 5) is 9.48. The van der Waals surface area contributed by atoms with Crippen molar-refractivity contribution in [3.8, 4) is 17.3 Å². The van der Waals surface area contributed by atoms with Crippen LogP contribution in [0.1, 0.15) is 97.1 Å². The number of rotatable bonds is 9. The van der Waals surface area contributed by atoms with E-state index in [9.17, 15) is 0 Å². The monoisotopic (exact) mass is 1020 g/mol. The summed E-state index contributed by atoms with van der Waals surface area (Å²) in [5.74, 6) is 2.04. The molecule has 8 aromatic rings. The van der Waals surface area contributed by atoms with Gasteiger partial charge in [-0.3, -0.25) is 0 Å². The van der Waals surface area contributed by atoms with Crippen LogP contribution >= 0.6 is 0 Å². The van der Waals surface area contributed by atoms with Gasteiger partial charge in [0.05, 0.1) is 0 Å². The smallest absolute Gasteiger partial charge is 0.135 e. The minimum absolute atomic E-state index is 0. The summed E-state index contributed by atoms with van der Waals surface area (Å²) in [6, 6.07) is 59.0. The van der Waals surface area contributed by atoms with Crippen LogP contribution in [0, 0.1) is 18.8 Å². The van der Waals surface area contributed by atoms with Crippen molar-refractivity contribution in [2.45, 2.75) is 90.9 Å². The molecule has 3 heterocycles. The van der Waals surface area contributed by atoms with Gasteiger partial charge in [-0.1, -0.05) is 160 Å². The predicted molar refractivity (Wildman–Crippen MR) is 262 cm³/mol. The first-order valence-electron chi connectivity index (χ1n) is 22.0. The number of ether oxygens (including phenoxy) is 1. The number of pyridine rings is 1. The molecule has 6 aromatic carbocycles. The molecule has 0 aliphatic carbocycles. The van der Waals surface area contributed by atoms with E-state index in [4.69, 9.17) is 9.72 Å². The zero-order valence-corrected chi connectivity index (χ0v) is 40.9. The molecule has 6 heteroatoms. The first kappa shape index (κ1) is 44.7. The molecule has 0 spiro atoms. The first-order valence-corrected chi connectivity index (χ1v) is 22.0. The van der Waals surface area contributed by atoms with Crippen LogP contribution in [0.25, 0.3) is 27.6 Å². The van der Waals surface area contributed by atoms with Gasteiger partial charge in [-0.2, -0.15) is 12.1 Å². The Bertz CT molecular complexity index is 2990. The van der Waals surface area contributed by atoms with Crippen molar-refractivity contribution in [1.82, 2.24) is 9.55 Å². The molecule has 9 rings (SSSR count). The van der Waals surface area contributed by atoms with E-state index in [1.807, 2.05) is 24.4 Å². The second-order valence-corrected chi connectivity index (χ2v) is 20.0. The van der Waals surface area contributed by atoms with E-state index in [1.165, 1.54) is 27.8 Å². The minimum atomic E-state index is -0.334. The number of allylic oxidation sites excluding steroid dienone is 1. The molecule has 0 fully saturated rings. The molecule has 1 aliphatic heterocycles. The normalized spacial score (nSPS) is 13.6. The molecule has 0 saturated heterocycles. The Hall–Kier alpha value is -5.90. The Morgan fingerprint density at radius 3 is 1.84 bits per heavy atom. The number of hydrogen-bond donors (Lipinski definition) is 0. The quantitative estimate of drug-likeness (QED) is 0.135. The molecule has 64 heavy (non-hydrogen) atoms. The summed E-state index contributed by atoms with van der Waals surface area (Å²) in [7, 11) is 0. The number of fused-ring (bicyclic) bond motifs is 3. The summed E-state index contributed by atoms with van der Waals surface area (Å²) in [6.07, 6.45) is 4.18. The van der Waals surface area contributed by atoms with Crippen molar-refractivity contribution in [2.75, 3.05) is 9.80 Å². The summed E-state index contributed by atoms with van der Waals surface area (Å²) < 4.78 is 8.98. The molecule has 5 nitrogen and oxygen atoms in total. The number of nitrogens with zero attached hydrogens (tertiary/aromatic N) is 4. The molecule has 0 radical (unpaired) electrons. The van der Waals surface area contributed by atoms with Crippen molar-refractivity contribution < 1.29 is 25.8 Å². The topological polar surface area (TPSA) is 33.5 Å². The average Bonchev–Trinajstić information content (AvgIpc) is 3.87. The van der Waals surface area contributed by atoms with Gasteiger partial charge in [0.25, 0.3) is 0 Å². The summed E-state index contributed by atoms with van der Waals surface area (Å²) in [5, 5.41) is 2.25. The average molecular weight is 1020 g/mol. The third-order valence-corrected chi connectivity index (χ3v) is 12.8. The van der Waals surface area contributed by atoms with Crippen molar-refractivity contribution in [3.05, 3.63) is 210 Å². The van der Waals surface area contributed by atoms with Crippen LogP contribution in [0.15, 0.2) is 164 Å². The first-order chi connectivity index (χ1) is 30.0. The van der Waals surface area contributed by atoms with Gasteiger partial charge in [-0.05, 0) is 80.6 Å². The van der Waals surface area contributed by atoms with E-state index in [2.05, 4.69) is 236 Å². The van der Waals surface area contributed by atoms with Gasteiger partial charge in [0, 0.05) is 66.5 Å². The van der Waals surface area contributed by atoms with Crippen LogP contribution in [0.2, 0.25) is 0 Å². The fourth-order valence-corrected chi connectivity index (χ4v) is 8.74. The van der Waals surface area contributed by atoms with Gasteiger partial charge in [-0.25, -0.2) is 4.98 Å². The second-order valence-electron chi connectivity index (χ2n) is 20.0. The molecule has 0 amide bonds. The molecule has 1 aliphatic rings. The minimum Gasteiger partial charge on any atom is -0.509 e. The molecule has 0 saturated carbocycles. The van der Waals surface area contributed by atoms with Crippen LogP contribution in [-0.2, 0) is 42.7 Å². The maximum absolute atomic E-state index is 6.74. The Labute approximate surface area is 394 Å². The Morgan fingerprint density at radius 2 is 1.16 bits per heavy atom. The van der Waals surface area contributed by atoms with Crippen LogP contribution in [0.5, 0.6) is 11.5 Å². The van der Waals surface area contributed by atoms with Crippen LogP contribution in [-0.4, -0.2) is 9.55 Å². The molecule has 0 atom stereocenters. The van der Waals surface area contributed by atoms with Crippen LogP contribution < -0.4 is 14.5 Å². The van der Waals surface area contributed by atoms with E-state index >= 15 is 0 Å². The third-order valence-electron chi connectivity index (χ3n) is 12.8. The fraction of sp³-hybridized carbons (Fsp3) is 0.241. The molecular formula is C58H57N4OPt-3. The van der Waals surface area contributed by atoms with Gasteiger partial charge in [0.15, 0.2) is 0 Å². The molecule has 0 unspecified atom stereocenters. The standard InChI is InChI=1S/C58H57N4O.Pt/c1-55(2,3)42-23-17-24-45(33-42)60-38-53(58(9,10)41-21-15-12-16-22-41)61(39-60)46-25-18-26-47(36-46)63-48-28-29-49-50-34-43(56(4,5)6)27-30-51(50)62(52(49)37-48)54-35-44(31-32-59-54)57(7,8)40-19-13-11-14-20-40;/h11-35,38-39H,1-10H3;/q-3;. The van der Waals surface area contributed by atoms with Gasteiger partial charge in [-0.15, -0.1) is 48.1 Å². The Kier molecular flexibility index (Phi) is 11.8. The van der Waals surface area contributed by atoms with E-state index in [-0.39, 0.29) is 42.7 Å². The molecule has 2 aromatic heterocycles. The summed E-state index contributed by atoms with van der Waals surface area (Å²) in [6.45, 7) is 24.8. The van der Waals surface area contributed by atoms with Gasteiger partial charge in [0.1, 0.15) is 5.82 Å². The summed E-state index contributed by atoms with van der Waals surface area (Å²) >= 11 is 0. The van der Waals surface area contributed by atoms with Crippen molar-refractivity contribution in [3.63, 3.8) is 0 Å². The second kappa shape index (κ2) is 16.9. The predicted octanol–water partition coefficient (Wildman–Crippen LogP) is 14.8. The third kappa shape index (κ3) is 8.43. The van der Waals surface area contributed by atoms with E-state index in [1.54, 1.807) is 0 Å². The van der Waals surface area contributed by atoms with Crippen molar-refractivity contribution in [1.29, 1.82) is 0 Å².